The Morgan fingerprint density at radius 3 is 2.69 bits per heavy atom. The molecule has 0 aliphatic rings. The third-order valence-electron chi connectivity index (χ3n) is 2.37. The van der Waals surface area contributed by atoms with Gasteiger partial charge in [-0.1, -0.05) is 6.92 Å². The lowest BCUT2D eigenvalue weighted by Gasteiger charge is -2.12. The number of rotatable bonds is 5. The van der Waals surface area contributed by atoms with Gasteiger partial charge in [-0.05, 0) is 26.4 Å². The number of hydrogen-bond acceptors (Lipinski definition) is 2. The summed E-state index contributed by atoms with van der Waals surface area (Å²) in [5.41, 5.74) is -0.692. The molecule has 0 spiro atoms. The first kappa shape index (κ1) is 13.0. The fourth-order valence-corrected chi connectivity index (χ4v) is 1.35. The number of alkyl halides is 3. The Hall–Kier alpha value is -1.04. The molecule has 0 amide bonds. The van der Waals surface area contributed by atoms with Gasteiger partial charge >= 0.3 is 6.18 Å². The number of hydrogen-bond donors (Lipinski definition) is 1. The fraction of sp³-hybridized carbons (Fsp3) is 0.700. The molecule has 1 rings (SSSR count). The molecule has 0 saturated carbocycles. The molecule has 1 heterocycles. The van der Waals surface area contributed by atoms with Crippen LogP contribution in [0.4, 0.5) is 13.2 Å². The van der Waals surface area contributed by atoms with Crippen LogP contribution in [0.2, 0.25) is 0 Å². The van der Waals surface area contributed by atoms with Gasteiger partial charge in [-0.2, -0.15) is 18.3 Å². The monoisotopic (exact) mass is 235 g/mol. The molecule has 1 unspecified atom stereocenters. The average Bonchev–Trinajstić information content (AvgIpc) is 2.66. The van der Waals surface area contributed by atoms with E-state index >= 15 is 0 Å². The Bertz CT molecular complexity index is 319. The fourth-order valence-electron chi connectivity index (χ4n) is 1.35. The third kappa shape index (κ3) is 3.52. The molecule has 0 bridgehead atoms. The van der Waals surface area contributed by atoms with Crippen LogP contribution in [-0.4, -0.2) is 22.9 Å². The van der Waals surface area contributed by atoms with E-state index in [9.17, 15) is 13.2 Å². The normalized spacial score (nSPS) is 14.1. The SMILES string of the molecule is CCNCCC(C)n1cc(C(F)(F)F)cn1. The molecular formula is C10H16F3N3. The van der Waals surface area contributed by atoms with E-state index in [-0.39, 0.29) is 6.04 Å². The van der Waals surface area contributed by atoms with E-state index in [1.54, 1.807) is 0 Å². The van der Waals surface area contributed by atoms with Gasteiger partial charge in [0.05, 0.1) is 17.8 Å². The van der Waals surface area contributed by atoms with E-state index in [0.29, 0.717) is 0 Å². The van der Waals surface area contributed by atoms with Crippen molar-refractivity contribution in [1.82, 2.24) is 15.1 Å². The first-order valence-electron chi connectivity index (χ1n) is 5.27. The summed E-state index contributed by atoms with van der Waals surface area (Å²) in [6.07, 6.45) is -1.63. The molecule has 16 heavy (non-hydrogen) atoms. The summed E-state index contributed by atoms with van der Waals surface area (Å²) < 4.78 is 38.3. The van der Waals surface area contributed by atoms with Crippen LogP contribution >= 0.6 is 0 Å². The smallest absolute Gasteiger partial charge is 0.317 e. The van der Waals surface area contributed by atoms with E-state index in [1.165, 1.54) is 4.68 Å². The van der Waals surface area contributed by atoms with E-state index in [1.807, 2.05) is 13.8 Å². The molecule has 3 nitrogen and oxygen atoms in total. The second-order valence-electron chi connectivity index (χ2n) is 3.70. The topological polar surface area (TPSA) is 29.9 Å². The minimum atomic E-state index is -4.31. The molecule has 0 aromatic carbocycles. The van der Waals surface area contributed by atoms with Crippen LogP contribution in [0.5, 0.6) is 0 Å². The maximum Gasteiger partial charge on any atom is 0.419 e. The van der Waals surface area contributed by atoms with Gasteiger partial charge in [0, 0.05) is 6.20 Å². The van der Waals surface area contributed by atoms with Crippen molar-refractivity contribution < 1.29 is 13.2 Å². The zero-order valence-electron chi connectivity index (χ0n) is 9.38. The van der Waals surface area contributed by atoms with Gasteiger partial charge in [0.2, 0.25) is 0 Å². The highest BCUT2D eigenvalue weighted by Crippen LogP contribution is 2.29. The van der Waals surface area contributed by atoms with Crippen molar-refractivity contribution >= 4 is 0 Å². The molecule has 0 saturated heterocycles. The van der Waals surface area contributed by atoms with Crippen LogP contribution in [0, 0.1) is 0 Å². The molecule has 1 N–H and O–H groups in total. The van der Waals surface area contributed by atoms with Crippen LogP contribution in [-0.2, 0) is 6.18 Å². The van der Waals surface area contributed by atoms with Gasteiger partial charge in [0.15, 0.2) is 0 Å². The van der Waals surface area contributed by atoms with Gasteiger partial charge in [-0.25, -0.2) is 0 Å². The number of nitrogens with one attached hydrogen (secondary N) is 1. The highest BCUT2D eigenvalue weighted by atomic mass is 19.4. The molecule has 0 fully saturated rings. The molecule has 92 valence electrons. The van der Waals surface area contributed by atoms with E-state index in [0.717, 1.165) is 31.9 Å². The molecular weight excluding hydrogens is 219 g/mol. The Morgan fingerprint density at radius 1 is 1.50 bits per heavy atom. The van der Waals surface area contributed by atoms with Crippen molar-refractivity contribution in [1.29, 1.82) is 0 Å². The number of aromatic nitrogens is 2. The quantitative estimate of drug-likeness (QED) is 0.794. The second-order valence-corrected chi connectivity index (χ2v) is 3.70. The summed E-state index contributed by atoms with van der Waals surface area (Å²) in [7, 11) is 0. The van der Waals surface area contributed by atoms with E-state index in [2.05, 4.69) is 10.4 Å². The second kappa shape index (κ2) is 5.34. The first-order valence-corrected chi connectivity index (χ1v) is 5.27. The predicted octanol–water partition coefficient (Wildman–Crippen LogP) is 2.46. The summed E-state index contributed by atoms with van der Waals surface area (Å²) in [5, 5.41) is 6.85. The predicted molar refractivity (Wildman–Crippen MR) is 55.1 cm³/mol. The van der Waals surface area contributed by atoms with Gasteiger partial charge in [-0.3, -0.25) is 4.68 Å². The van der Waals surface area contributed by atoms with E-state index in [4.69, 9.17) is 0 Å². The molecule has 1 atom stereocenters. The zero-order valence-corrected chi connectivity index (χ0v) is 9.38. The first-order chi connectivity index (χ1) is 7.45. The highest BCUT2D eigenvalue weighted by molar-refractivity contribution is 5.08. The minimum absolute atomic E-state index is 0.0323. The Labute approximate surface area is 92.6 Å². The van der Waals surface area contributed by atoms with E-state index < -0.39 is 11.7 Å². The van der Waals surface area contributed by atoms with Crippen molar-refractivity contribution in [2.45, 2.75) is 32.5 Å². The van der Waals surface area contributed by atoms with Crippen LogP contribution in [0.3, 0.4) is 0 Å². The molecule has 1 aromatic heterocycles. The lowest BCUT2D eigenvalue weighted by Crippen LogP contribution is -2.18. The summed E-state index contributed by atoms with van der Waals surface area (Å²) in [6, 6.07) is -0.0323. The molecule has 1 aromatic rings. The Balaban J connectivity index is 2.56. The average molecular weight is 235 g/mol. The minimum Gasteiger partial charge on any atom is -0.317 e. The molecule has 0 radical (unpaired) electrons. The lowest BCUT2D eigenvalue weighted by atomic mass is 10.2. The summed E-state index contributed by atoms with van der Waals surface area (Å²) >= 11 is 0. The maximum atomic E-state index is 12.3. The molecule has 6 heteroatoms. The van der Waals surface area contributed by atoms with Gasteiger partial charge < -0.3 is 5.32 Å². The van der Waals surface area contributed by atoms with Crippen molar-refractivity contribution in [2.24, 2.45) is 0 Å². The standard InChI is InChI=1S/C10H16F3N3/c1-3-14-5-4-8(2)16-7-9(6-15-16)10(11,12)13/h6-8,14H,3-5H2,1-2H3. The van der Waals surface area contributed by atoms with Crippen LogP contribution in [0.25, 0.3) is 0 Å². The van der Waals surface area contributed by atoms with Gasteiger partial charge in [-0.15, -0.1) is 0 Å². The third-order valence-corrected chi connectivity index (χ3v) is 2.37. The Morgan fingerprint density at radius 2 is 2.19 bits per heavy atom. The van der Waals surface area contributed by atoms with Gasteiger partial charge in [0.1, 0.15) is 0 Å². The van der Waals surface area contributed by atoms with Crippen molar-refractivity contribution in [3.8, 4) is 0 Å². The zero-order chi connectivity index (χ0) is 12.2. The summed E-state index contributed by atoms with van der Waals surface area (Å²) in [5.74, 6) is 0. The molecule has 0 aliphatic carbocycles. The maximum absolute atomic E-state index is 12.3. The van der Waals surface area contributed by atoms with Crippen molar-refractivity contribution in [2.75, 3.05) is 13.1 Å². The van der Waals surface area contributed by atoms with Crippen LogP contribution < -0.4 is 5.32 Å². The molecule has 0 aliphatic heterocycles. The van der Waals surface area contributed by atoms with Crippen LogP contribution in [0.1, 0.15) is 31.9 Å². The van der Waals surface area contributed by atoms with Gasteiger partial charge in [0.25, 0.3) is 0 Å². The van der Waals surface area contributed by atoms with Crippen molar-refractivity contribution in [3.05, 3.63) is 18.0 Å². The Kier molecular flexibility index (Phi) is 4.35. The largest absolute Gasteiger partial charge is 0.419 e. The lowest BCUT2D eigenvalue weighted by molar-refractivity contribution is -0.137. The van der Waals surface area contributed by atoms with Crippen molar-refractivity contribution in [3.63, 3.8) is 0 Å². The highest BCUT2D eigenvalue weighted by Gasteiger charge is 2.32. The summed E-state index contributed by atoms with van der Waals surface area (Å²) in [6.45, 7) is 5.48. The number of halogens is 3. The number of nitrogens with zero attached hydrogens (tertiary/aromatic N) is 2. The summed E-state index contributed by atoms with van der Waals surface area (Å²) in [4.78, 5) is 0. The van der Waals surface area contributed by atoms with Crippen LogP contribution in [0.15, 0.2) is 12.4 Å².